The maximum Gasteiger partial charge on any atom is 0.125 e. The van der Waals surface area contributed by atoms with Crippen LogP contribution < -0.4 is 4.74 Å². The molecule has 1 aromatic rings. The van der Waals surface area contributed by atoms with Crippen molar-refractivity contribution in [3.8, 4) is 5.75 Å². The van der Waals surface area contributed by atoms with Crippen LogP contribution in [0.1, 0.15) is 23.1 Å². The van der Waals surface area contributed by atoms with Gasteiger partial charge in [-0.05, 0) is 36.1 Å². The molecule has 0 bridgehead atoms. The van der Waals surface area contributed by atoms with Gasteiger partial charge in [0.1, 0.15) is 12.4 Å². The molecule has 0 amide bonds. The number of oxime groups is 1. The van der Waals surface area contributed by atoms with E-state index in [1.54, 1.807) is 0 Å². The van der Waals surface area contributed by atoms with Crippen LogP contribution in [-0.4, -0.2) is 18.9 Å². The first-order chi connectivity index (χ1) is 7.92. The molecule has 0 saturated heterocycles. The van der Waals surface area contributed by atoms with Gasteiger partial charge in [0.05, 0.1) is 12.3 Å². The van der Waals surface area contributed by atoms with Crippen molar-refractivity contribution in [1.29, 1.82) is 0 Å². The Morgan fingerprint density at radius 1 is 1.19 bits per heavy atom. The predicted octanol–water partition coefficient (Wildman–Crippen LogP) is 1.92. The van der Waals surface area contributed by atoms with Gasteiger partial charge >= 0.3 is 0 Å². The molecule has 3 aliphatic rings. The Bertz CT molecular complexity index is 493. The first-order valence-corrected chi connectivity index (χ1v) is 5.90. The number of hydrogen-bond acceptors (Lipinski definition) is 3. The molecule has 0 unspecified atom stereocenters. The van der Waals surface area contributed by atoms with Gasteiger partial charge in [-0.2, -0.15) is 0 Å². The third-order valence-electron chi connectivity index (χ3n) is 3.78. The number of ether oxygens (including phenoxy) is 1. The molecule has 0 fully saturated rings. The van der Waals surface area contributed by atoms with Gasteiger partial charge in [-0.25, -0.2) is 0 Å². The van der Waals surface area contributed by atoms with Gasteiger partial charge in [0.15, 0.2) is 0 Å². The Hall–Kier alpha value is -1.51. The van der Waals surface area contributed by atoms with E-state index in [4.69, 9.17) is 9.57 Å². The molecule has 0 N–H and O–H groups in total. The maximum absolute atomic E-state index is 5.60. The summed E-state index contributed by atoms with van der Waals surface area (Å²) in [6.45, 7) is 1.59. The number of aryl methyl sites for hydroxylation is 1. The summed E-state index contributed by atoms with van der Waals surface area (Å²) in [6.07, 6.45) is 3.31. The number of rotatable bonds is 0. The normalized spacial score (nSPS) is 25.0. The van der Waals surface area contributed by atoms with Crippen LogP contribution in [-0.2, 0) is 17.7 Å². The van der Waals surface area contributed by atoms with Crippen LogP contribution in [0, 0.1) is 5.92 Å². The zero-order valence-corrected chi connectivity index (χ0v) is 9.03. The van der Waals surface area contributed by atoms with Crippen LogP contribution in [0.2, 0.25) is 0 Å². The van der Waals surface area contributed by atoms with Crippen molar-refractivity contribution < 1.29 is 9.57 Å². The van der Waals surface area contributed by atoms with E-state index >= 15 is 0 Å². The Morgan fingerprint density at radius 2 is 2.19 bits per heavy atom. The second-order valence-corrected chi connectivity index (χ2v) is 4.72. The molecular weight excluding hydrogens is 202 g/mol. The summed E-state index contributed by atoms with van der Waals surface area (Å²) in [5.74, 6) is 1.60. The van der Waals surface area contributed by atoms with Crippen molar-refractivity contribution in [2.75, 3.05) is 13.2 Å². The topological polar surface area (TPSA) is 30.8 Å². The van der Waals surface area contributed by atoms with E-state index in [-0.39, 0.29) is 0 Å². The van der Waals surface area contributed by atoms with Gasteiger partial charge in [-0.15, -0.1) is 0 Å². The summed E-state index contributed by atoms with van der Waals surface area (Å²) in [5.41, 5.74) is 5.17. The van der Waals surface area contributed by atoms with E-state index in [2.05, 4.69) is 17.3 Å². The molecule has 0 radical (unpaired) electrons. The highest BCUT2D eigenvalue weighted by molar-refractivity contribution is 6.05. The standard InChI is InChI=1S/C13H13NO2/c1-2-10-7-16-14-13(10)11-5-9-3-4-15-12(9)6-8(1)11/h5-6,10H,1-4,7H2/t10-/m1/s1. The fourth-order valence-electron chi connectivity index (χ4n) is 2.88. The minimum absolute atomic E-state index is 0.521. The van der Waals surface area contributed by atoms with Crippen molar-refractivity contribution in [2.24, 2.45) is 11.1 Å². The highest BCUT2D eigenvalue weighted by Gasteiger charge is 2.31. The summed E-state index contributed by atoms with van der Waals surface area (Å²) in [7, 11) is 0. The molecule has 1 atom stereocenters. The minimum atomic E-state index is 0.521. The van der Waals surface area contributed by atoms with E-state index in [9.17, 15) is 0 Å². The molecule has 3 nitrogen and oxygen atoms in total. The summed E-state index contributed by atoms with van der Waals surface area (Å²) in [5, 5.41) is 4.20. The first-order valence-electron chi connectivity index (χ1n) is 5.90. The lowest BCUT2D eigenvalue weighted by atomic mass is 9.82. The highest BCUT2D eigenvalue weighted by Crippen LogP contribution is 2.36. The lowest BCUT2D eigenvalue weighted by Gasteiger charge is -2.21. The van der Waals surface area contributed by atoms with E-state index in [1.807, 2.05) is 0 Å². The zero-order chi connectivity index (χ0) is 10.5. The van der Waals surface area contributed by atoms with Crippen molar-refractivity contribution in [3.05, 3.63) is 28.8 Å². The quantitative estimate of drug-likeness (QED) is 0.662. The van der Waals surface area contributed by atoms with Crippen LogP contribution in [0.5, 0.6) is 5.75 Å². The Balaban J connectivity index is 1.90. The monoisotopic (exact) mass is 215 g/mol. The highest BCUT2D eigenvalue weighted by atomic mass is 16.6. The number of fused-ring (bicyclic) bond motifs is 4. The van der Waals surface area contributed by atoms with Crippen molar-refractivity contribution in [3.63, 3.8) is 0 Å². The van der Waals surface area contributed by atoms with Crippen LogP contribution in [0.15, 0.2) is 17.3 Å². The molecule has 2 aliphatic heterocycles. The van der Waals surface area contributed by atoms with E-state index in [0.29, 0.717) is 5.92 Å². The van der Waals surface area contributed by atoms with Crippen LogP contribution in [0.4, 0.5) is 0 Å². The van der Waals surface area contributed by atoms with Crippen molar-refractivity contribution in [2.45, 2.75) is 19.3 Å². The molecule has 3 heteroatoms. The molecule has 1 aliphatic carbocycles. The predicted molar refractivity (Wildman–Crippen MR) is 59.9 cm³/mol. The number of nitrogens with zero attached hydrogens (tertiary/aromatic N) is 1. The van der Waals surface area contributed by atoms with Gasteiger partial charge in [0.2, 0.25) is 0 Å². The molecule has 0 spiro atoms. The Morgan fingerprint density at radius 3 is 3.19 bits per heavy atom. The van der Waals surface area contributed by atoms with Crippen LogP contribution in [0.3, 0.4) is 0 Å². The summed E-state index contributed by atoms with van der Waals surface area (Å²) >= 11 is 0. The third-order valence-corrected chi connectivity index (χ3v) is 3.78. The lowest BCUT2D eigenvalue weighted by molar-refractivity contribution is 0.153. The smallest absolute Gasteiger partial charge is 0.125 e. The minimum Gasteiger partial charge on any atom is -0.493 e. The van der Waals surface area contributed by atoms with Crippen molar-refractivity contribution in [1.82, 2.24) is 0 Å². The van der Waals surface area contributed by atoms with Crippen LogP contribution in [0.25, 0.3) is 0 Å². The van der Waals surface area contributed by atoms with Gasteiger partial charge in [0.25, 0.3) is 0 Å². The Labute approximate surface area is 94.0 Å². The third kappa shape index (κ3) is 1.06. The van der Waals surface area contributed by atoms with Gasteiger partial charge in [0, 0.05) is 17.9 Å². The Kier molecular flexibility index (Phi) is 1.62. The second-order valence-electron chi connectivity index (χ2n) is 4.72. The maximum atomic E-state index is 5.60. The lowest BCUT2D eigenvalue weighted by Crippen LogP contribution is -2.22. The molecule has 0 aromatic heterocycles. The SMILES string of the molecule is c1c2c(cc3c1OCC3)C1=NOC[C@H]1CC2. The van der Waals surface area contributed by atoms with Gasteiger partial charge in [-0.1, -0.05) is 5.16 Å². The molecule has 2 heterocycles. The zero-order valence-electron chi connectivity index (χ0n) is 9.03. The van der Waals surface area contributed by atoms with E-state index in [1.165, 1.54) is 16.7 Å². The van der Waals surface area contributed by atoms with Crippen LogP contribution >= 0.6 is 0 Å². The van der Waals surface area contributed by atoms with E-state index in [0.717, 1.165) is 43.9 Å². The average molecular weight is 215 g/mol. The first kappa shape index (κ1) is 8.62. The second kappa shape index (κ2) is 3.00. The number of hydrogen-bond donors (Lipinski definition) is 0. The van der Waals surface area contributed by atoms with Gasteiger partial charge in [-0.3, -0.25) is 0 Å². The van der Waals surface area contributed by atoms with E-state index < -0.39 is 0 Å². The molecular formula is C13H13NO2. The molecule has 16 heavy (non-hydrogen) atoms. The molecule has 4 rings (SSSR count). The summed E-state index contributed by atoms with van der Waals surface area (Å²) in [4.78, 5) is 5.22. The summed E-state index contributed by atoms with van der Waals surface area (Å²) in [6, 6.07) is 4.46. The molecule has 82 valence electrons. The molecule has 1 aromatic carbocycles. The largest absolute Gasteiger partial charge is 0.493 e. The fourth-order valence-corrected chi connectivity index (χ4v) is 2.88. The van der Waals surface area contributed by atoms with Gasteiger partial charge < -0.3 is 9.57 Å². The summed E-state index contributed by atoms with van der Waals surface area (Å²) < 4.78 is 5.60. The fraction of sp³-hybridized carbons (Fsp3) is 0.462. The molecule has 0 saturated carbocycles. The van der Waals surface area contributed by atoms with Crippen molar-refractivity contribution >= 4 is 5.71 Å². The average Bonchev–Trinajstić information content (AvgIpc) is 2.94. The number of benzene rings is 1.